The first kappa shape index (κ1) is 12.7. The lowest BCUT2D eigenvalue weighted by Crippen LogP contribution is -2.21. The molecule has 1 heterocycles. The molecule has 0 aromatic heterocycles. The maximum Gasteiger partial charge on any atom is 0.0731 e. The zero-order chi connectivity index (χ0) is 12.3. The molecule has 0 radical (unpaired) electrons. The van der Waals surface area contributed by atoms with E-state index in [0.29, 0.717) is 6.54 Å². The molecule has 1 aromatic rings. The zero-order valence-electron chi connectivity index (χ0n) is 10.1. The second-order valence-corrected chi connectivity index (χ2v) is 4.85. The molecular formula is C13H19ClN2O. The molecule has 94 valence electrons. The van der Waals surface area contributed by atoms with Crippen molar-refractivity contribution in [1.82, 2.24) is 5.32 Å². The van der Waals surface area contributed by atoms with Crippen LogP contribution in [0.5, 0.6) is 0 Å². The third-order valence-corrected chi connectivity index (χ3v) is 3.48. The predicted octanol–water partition coefficient (Wildman–Crippen LogP) is 2.02. The van der Waals surface area contributed by atoms with Crippen molar-refractivity contribution in [2.45, 2.75) is 26.0 Å². The van der Waals surface area contributed by atoms with Crippen LogP contribution in [-0.4, -0.2) is 30.8 Å². The first-order chi connectivity index (χ1) is 8.20. The van der Waals surface area contributed by atoms with E-state index >= 15 is 0 Å². The molecule has 0 saturated carbocycles. The molecule has 1 aromatic carbocycles. The molecule has 1 unspecified atom stereocenters. The minimum absolute atomic E-state index is 0.199. The number of β-amino-alcohol motifs (C(OH)–C–C–N with tert-alkyl or cyclic N) is 1. The first-order valence-corrected chi connectivity index (χ1v) is 6.50. The van der Waals surface area contributed by atoms with Crippen molar-refractivity contribution in [3.05, 3.63) is 28.8 Å². The van der Waals surface area contributed by atoms with Gasteiger partial charge in [0.05, 0.1) is 6.10 Å². The molecule has 2 rings (SSSR count). The first-order valence-electron chi connectivity index (χ1n) is 6.13. The van der Waals surface area contributed by atoms with Crippen molar-refractivity contribution in [3.8, 4) is 0 Å². The fourth-order valence-electron chi connectivity index (χ4n) is 2.11. The summed E-state index contributed by atoms with van der Waals surface area (Å²) >= 11 is 6.25. The molecule has 3 nitrogen and oxygen atoms in total. The van der Waals surface area contributed by atoms with Crippen molar-refractivity contribution >= 4 is 17.3 Å². The predicted molar refractivity (Wildman–Crippen MR) is 71.7 cm³/mol. The van der Waals surface area contributed by atoms with E-state index in [1.807, 2.05) is 6.07 Å². The largest absolute Gasteiger partial charge is 0.391 e. The van der Waals surface area contributed by atoms with Crippen LogP contribution in [0.3, 0.4) is 0 Å². The number of rotatable bonds is 4. The number of benzene rings is 1. The van der Waals surface area contributed by atoms with Crippen LogP contribution in [0, 0.1) is 0 Å². The monoisotopic (exact) mass is 254 g/mol. The fraction of sp³-hybridized carbons (Fsp3) is 0.538. The second kappa shape index (κ2) is 5.71. The van der Waals surface area contributed by atoms with Crippen molar-refractivity contribution in [3.63, 3.8) is 0 Å². The van der Waals surface area contributed by atoms with Gasteiger partial charge in [-0.05, 0) is 30.7 Å². The lowest BCUT2D eigenvalue weighted by Gasteiger charge is -2.19. The van der Waals surface area contributed by atoms with Crippen LogP contribution in [0.25, 0.3) is 0 Å². The lowest BCUT2D eigenvalue weighted by molar-refractivity contribution is 0.198. The number of nitrogens with zero attached hydrogens (tertiary/aromatic N) is 1. The lowest BCUT2D eigenvalue weighted by atomic mass is 10.2. The van der Waals surface area contributed by atoms with Gasteiger partial charge in [0.2, 0.25) is 0 Å². The summed E-state index contributed by atoms with van der Waals surface area (Å²) < 4.78 is 0. The Bertz CT molecular complexity index is 384. The molecule has 1 fully saturated rings. The van der Waals surface area contributed by atoms with Gasteiger partial charge >= 0.3 is 0 Å². The van der Waals surface area contributed by atoms with Gasteiger partial charge in [-0.2, -0.15) is 0 Å². The summed E-state index contributed by atoms with van der Waals surface area (Å²) in [7, 11) is 0. The number of hydrogen-bond acceptors (Lipinski definition) is 3. The minimum Gasteiger partial charge on any atom is -0.391 e. The van der Waals surface area contributed by atoms with E-state index in [1.165, 1.54) is 0 Å². The highest BCUT2D eigenvalue weighted by Crippen LogP contribution is 2.26. The molecule has 0 bridgehead atoms. The van der Waals surface area contributed by atoms with Crippen LogP contribution in [-0.2, 0) is 6.54 Å². The van der Waals surface area contributed by atoms with E-state index in [0.717, 1.165) is 42.3 Å². The van der Waals surface area contributed by atoms with Gasteiger partial charge in [-0.3, -0.25) is 0 Å². The van der Waals surface area contributed by atoms with Gasteiger partial charge in [0, 0.05) is 30.3 Å². The van der Waals surface area contributed by atoms with E-state index in [9.17, 15) is 5.11 Å². The van der Waals surface area contributed by atoms with Crippen LogP contribution in [0.1, 0.15) is 18.9 Å². The summed E-state index contributed by atoms with van der Waals surface area (Å²) in [5, 5.41) is 13.6. The molecule has 17 heavy (non-hydrogen) atoms. The van der Waals surface area contributed by atoms with Crippen LogP contribution in [0.15, 0.2) is 18.2 Å². The summed E-state index contributed by atoms with van der Waals surface area (Å²) in [6.45, 7) is 5.44. The van der Waals surface area contributed by atoms with Gasteiger partial charge in [-0.25, -0.2) is 0 Å². The number of nitrogens with one attached hydrogen (secondary N) is 1. The minimum atomic E-state index is -0.199. The van der Waals surface area contributed by atoms with Crippen LogP contribution in [0.2, 0.25) is 5.02 Å². The van der Waals surface area contributed by atoms with Gasteiger partial charge < -0.3 is 15.3 Å². The van der Waals surface area contributed by atoms with E-state index in [2.05, 4.69) is 29.3 Å². The summed E-state index contributed by atoms with van der Waals surface area (Å²) in [5.41, 5.74) is 2.23. The SMILES string of the molecule is CCNCc1ccc(N2CCC(O)C2)cc1Cl. The highest BCUT2D eigenvalue weighted by Gasteiger charge is 2.20. The second-order valence-electron chi connectivity index (χ2n) is 4.44. The number of halogens is 1. The van der Waals surface area contributed by atoms with Gasteiger partial charge in [0.1, 0.15) is 0 Å². The summed E-state index contributed by atoms with van der Waals surface area (Å²) in [6, 6.07) is 6.13. The highest BCUT2D eigenvalue weighted by atomic mass is 35.5. The molecule has 0 spiro atoms. The third kappa shape index (κ3) is 3.12. The molecule has 1 atom stereocenters. The normalized spacial score (nSPS) is 19.9. The number of aliphatic hydroxyl groups is 1. The van der Waals surface area contributed by atoms with Crippen molar-refractivity contribution in [1.29, 1.82) is 0 Å². The average molecular weight is 255 g/mol. The van der Waals surface area contributed by atoms with Gasteiger partial charge in [0.15, 0.2) is 0 Å². The Morgan fingerprint density at radius 3 is 2.94 bits per heavy atom. The molecule has 0 aliphatic carbocycles. The number of hydrogen-bond donors (Lipinski definition) is 2. The van der Waals surface area contributed by atoms with Crippen molar-refractivity contribution in [2.24, 2.45) is 0 Å². The van der Waals surface area contributed by atoms with Crippen LogP contribution < -0.4 is 10.2 Å². The summed E-state index contributed by atoms with van der Waals surface area (Å²) in [4.78, 5) is 2.17. The van der Waals surface area contributed by atoms with Crippen LogP contribution in [0.4, 0.5) is 5.69 Å². The maximum absolute atomic E-state index is 9.52. The molecule has 1 aliphatic rings. The van der Waals surface area contributed by atoms with E-state index in [-0.39, 0.29) is 6.10 Å². The average Bonchev–Trinajstić information content (AvgIpc) is 2.74. The molecule has 2 N–H and O–H groups in total. The van der Waals surface area contributed by atoms with Gasteiger partial charge in [0.25, 0.3) is 0 Å². The van der Waals surface area contributed by atoms with Crippen molar-refractivity contribution in [2.75, 3.05) is 24.5 Å². The molecule has 1 saturated heterocycles. The Labute approximate surface area is 107 Å². The molecule has 1 aliphatic heterocycles. The topological polar surface area (TPSA) is 35.5 Å². The van der Waals surface area contributed by atoms with E-state index in [1.54, 1.807) is 0 Å². The van der Waals surface area contributed by atoms with E-state index < -0.39 is 0 Å². The third-order valence-electron chi connectivity index (χ3n) is 3.13. The standard InChI is InChI=1S/C13H19ClN2O/c1-2-15-8-10-3-4-11(7-13(10)14)16-6-5-12(17)9-16/h3-4,7,12,15,17H,2,5-6,8-9H2,1H3. The maximum atomic E-state index is 9.52. The fourth-order valence-corrected chi connectivity index (χ4v) is 2.35. The van der Waals surface area contributed by atoms with Gasteiger partial charge in [-0.15, -0.1) is 0 Å². The Morgan fingerprint density at radius 2 is 2.35 bits per heavy atom. The Balaban J connectivity index is 2.08. The highest BCUT2D eigenvalue weighted by molar-refractivity contribution is 6.31. The van der Waals surface area contributed by atoms with Crippen molar-refractivity contribution < 1.29 is 5.11 Å². The van der Waals surface area contributed by atoms with Gasteiger partial charge in [-0.1, -0.05) is 24.6 Å². The number of anilines is 1. The Hall–Kier alpha value is -0.770. The van der Waals surface area contributed by atoms with Crippen LogP contribution >= 0.6 is 11.6 Å². The quantitative estimate of drug-likeness (QED) is 0.863. The molecular weight excluding hydrogens is 236 g/mol. The van der Waals surface area contributed by atoms with E-state index in [4.69, 9.17) is 11.6 Å². The summed E-state index contributed by atoms with van der Waals surface area (Å²) in [6.07, 6.45) is 0.645. The smallest absolute Gasteiger partial charge is 0.0731 e. The molecule has 0 amide bonds. The summed E-state index contributed by atoms with van der Waals surface area (Å²) in [5.74, 6) is 0. The Morgan fingerprint density at radius 1 is 1.53 bits per heavy atom. The molecule has 4 heteroatoms. The zero-order valence-corrected chi connectivity index (χ0v) is 10.9. The Kier molecular flexibility index (Phi) is 4.26. The number of aliphatic hydroxyl groups excluding tert-OH is 1.